The number of guanidine groups is 1. The lowest BCUT2D eigenvalue weighted by Crippen LogP contribution is -2.38. The van der Waals surface area contributed by atoms with Crippen LogP contribution in [0, 0.1) is 12.8 Å². The summed E-state index contributed by atoms with van der Waals surface area (Å²) >= 11 is 0. The second-order valence-electron chi connectivity index (χ2n) is 7.88. The third-order valence-electron chi connectivity index (χ3n) is 5.37. The van der Waals surface area contributed by atoms with Gasteiger partial charge in [-0.1, -0.05) is 29.8 Å². The number of nitrogens with zero attached hydrogens (tertiary/aromatic N) is 3. The maximum absolute atomic E-state index is 6.14. The molecule has 1 aliphatic heterocycles. The Bertz CT molecular complexity index is 768. The van der Waals surface area contributed by atoms with Crippen LogP contribution in [0.15, 0.2) is 41.7 Å². The average Bonchev–Trinajstić information content (AvgIpc) is 3.15. The molecule has 0 bridgehead atoms. The molecule has 0 amide bonds. The van der Waals surface area contributed by atoms with Crippen molar-refractivity contribution in [3.05, 3.63) is 53.3 Å². The van der Waals surface area contributed by atoms with E-state index in [0.717, 1.165) is 57.9 Å². The Morgan fingerprint density at radius 2 is 2.10 bits per heavy atom. The average molecular weight is 398 g/mol. The third kappa shape index (κ3) is 6.60. The van der Waals surface area contributed by atoms with Crippen LogP contribution < -0.4 is 10.6 Å². The van der Waals surface area contributed by atoms with Crippen LogP contribution in [-0.4, -0.2) is 42.0 Å². The quantitative estimate of drug-likeness (QED) is 0.407. The molecule has 0 saturated carbocycles. The van der Waals surface area contributed by atoms with Gasteiger partial charge >= 0.3 is 0 Å². The maximum Gasteiger partial charge on any atom is 0.191 e. The summed E-state index contributed by atoms with van der Waals surface area (Å²) in [7, 11) is 1.95. The molecule has 2 atom stereocenters. The molecular formula is C23H35N5O. The van der Waals surface area contributed by atoms with Crippen LogP contribution in [0.2, 0.25) is 0 Å². The van der Waals surface area contributed by atoms with E-state index < -0.39 is 0 Å². The standard InChI is InChI=1S/C23H35N5O/c1-4-24-23(25-13-5-7-19-15-27-28(3)17-19)26-16-21-8-6-14-29-22(21)20-11-9-18(2)10-12-20/h9-12,15,17,21-22H,4-8,13-14,16H2,1-3H3,(H2,24,25,26). The van der Waals surface area contributed by atoms with E-state index in [0.29, 0.717) is 5.92 Å². The normalized spacial score (nSPS) is 19.9. The van der Waals surface area contributed by atoms with Crippen LogP contribution in [0.4, 0.5) is 0 Å². The number of benzene rings is 1. The van der Waals surface area contributed by atoms with Gasteiger partial charge in [0.1, 0.15) is 0 Å². The van der Waals surface area contributed by atoms with E-state index in [1.807, 2.05) is 17.9 Å². The van der Waals surface area contributed by atoms with E-state index in [9.17, 15) is 0 Å². The fourth-order valence-electron chi connectivity index (χ4n) is 3.81. The lowest BCUT2D eigenvalue weighted by molar-refractivity contribution is -0.0250. The molecule has 6 nitrogen and oxygen atoms in total. The molecular weight excluding hydrogens is 362 g/mol. The molecule has 1 aliphatic rings. The first-order valence-electron chi connectivity index (χ1n) is 10.8. The highest BCUT2D eigenvalue weighted by atomic mass is 16.5. The van der Waals surface area contributed by atoms with Crippen molar-refractivity contribution in [3.8, 4) is 0 Å². The van der Waals surface area contributed by atoms with Gasteiger partial charge < -0.3 is 15.4 Å². The van der Waals surface area contributed by atoms with E-state index in [1.54, 1.807) is 0 Å². The van der Waals surface area contributed by atoms with Crippen molar-refractivity contribution in [2.45, 2.75) is 45.6 Å². The minimum atomic E-state index is 0.140. The fourth-order valence-corrected chi connectivity index (χ4v) is 3.81. The molecule has 0 aliphatic carbocycles. The molecule has 1 saturated heterocycles. The Hall–Kier alpha value is -2.34. The number of hydrogen-bond donors (Lipinski definition) is 2. The zero-order valence-corrected chi connectivity index (χ0v) is 18.0. The molecule has 158 valence electrons. The first-order valence-corrected chi connectivity index (χ1v) is 10.8. The lowest BCUT2D eigenvalue weighted by Gasteiger charge is -2.31. The summed E-state index contributed by atoms with van der Waals surface area (Å²) in [5, 5.41) is 11.1. The van der Waals surface area contributed by atoms with Crippen LogP contribution in [0.1, 0.15) is 49.0 Å². The molecule has 2 unspecified atom stereocenters. The zero-order chi connectivity index (χ0) is 20.5. The number of nitrogens with one attached hydrogen (secondary N) is 2. The highest BCUT2D eigenvalue weighted by molar-refractivity contribution is 5.79. The van der Waals surface area contributed by atoms with Crippen molar-refractivity contribution in [1.29, 1.82) is 0 Å². The van der Waals surface area contributed by atoms with E-state index in [2.05, 4.69) is 60.0 Å². The van der Waals surface area contributed by atoms with Crippen LogP contribution in [-0.2, 0) is 18.2 Å². The van der Waals surface area contributed by atoms with E-state index in [-0.39, 0.29) is 6.10 Å². The van der Waals surface area contributed by atoms with Gasteiger partial charge in [0.15, 0.2) is 5.96 Å². The van der Waals surface area contributed by atoms with Crippen LogP contribution in [0.3, 0.4) is 0 Å². The molecule has 2 aromatic rings. The number of aryl methyl sites for hydroxylation is 3. The van der Waals surface area contributed by atoms with Gasteiger partial charge in [-0.15, -0.1) is 0 Å². The van der Waals surface area contributed by atoms with Gasteiger partial charge in [0.05, 0.1) is 12.3 Å². The predicted molar refractivity (Wildman–Crippen MR) is 118 cm³/mol. The minimum absolute atomic E-state index is 0.140. The van der Waals surface area contributed by atoms with Gasteiger partial charge in [-0.05, 0) is 50.7 Å². The molecule has 6 heteroatoms. The van der Waals surface area contributed by atoms with Crippen molar-refractivity contribution in [3.63, 3.8) is 0 Å². The molecule has 1 aromatic carbocycles. The van der Waals surface area contributed by atoms with Crippen molar-refractivity contribution in [2.24, 2.45) is 18.0 Å². The summed E-state index contributed by atoms with van der Waals surface area (Å²) in [4.78, 5) is 4.88. The molecule has 2 N–H and O–H groups in total. The Balaban J connectivity index is 1.53. The third-order valence-corrected chi connectivity index (χ3v) is 5.37. The smallest absolute Gasteiger partial charge is 0.191 e. The number of hydrogen-bond acceptors (Lipinski definition) is 3. The maximum atomic E-state index is 6.14. The van der Waals surface area contributed by atoms with Gasteiger partial charge in [0.2, 0.25) is 0 Å². The number of aliphatic imine (C=N–C) groups is 1. The monoisotopic (exact) mass is 397 g/mol. The first-order chi connectivity index (χ1) is 14.2. The fraction of sp³-hybridized carbons (Fsp3) is 0.565. The number of ether oxygens (including phenoxy) is 1. The van der Waals surface area contributed by atoms with Gasteiger partial charge in [-0.3, -0.25) is 9.67 Å². The van der Waals surface area contributed by atoms with E-state index in [4.69, 9.17) is 9.73 Å². The minimum Gasteiger partial charge on any atom is -0.373 e. The first kappa shape index (κ1) is 21.4. The Morgan fingerprint density at radius 1 is 1.28 bits per heavy atom. The second kappa shape index (κ2) is 11.0. The van der Waals surface area contributed by atoms with Crippen LogP contribution in [0.25, 0.3) is 0 Å². The van der Waals surface area contributed by atoms with Gasteiger partial charge in [0.25, 0.3) is 0 Å². The molecule has 29 heavy (non-hydrogen) atoms. The zero-order valence-electron chi connectivity index (χ0n) is 18.0. The molecule has 3 rings (SSSR count). The van der Waals surface area contributed by atoms with Gasteiger partial charge in [0, 0.05) is 45.4 Å². The largest absolute Gasteiger partial charge is 0.373 e. The van der Waals surface area contributed by atoms with Gasteiger partial charge in [-0.25, -0.2) is 0 Å². The predicted octanol–water partition coefficient (Wildman–Crippen LogP) is 3.38. The lowest BCUT2D eigenvalue weighted by atomic mass is 9.89. The van der Waals surface area contributed by atoms with Crippen molar-refractivity contribution >= 4 is 5.96 Å². The summed E-state index contributed by atoms with van der Waals surface area (Å²) in [5.41, 5.74) is 3.82. The molecule has 0 spiro atoms. The van der Waals surface area contributed by atoms with Crippen molar-refractivity contribution < 1.29 is 4.74 Å². The highest BCUT2D eigenvalue weighted by Gasteiger charge is 2.27. The van der Waals surface area contributed by atoms with E-state index in [1.165, 1.54) is 16.7 Å². The molecule has 2 heterocycles. The van der Waals surface area contributed by atoms with Crippen LogP contribution in [0.5, 0.6) is 0 Å². The number of aromatic nitrogens is 2. The summed E-state index contributed by atoms with van der Waals surface area (Å²) < 4.78 is 7.99. The Labute approximate surface area is 174 Å². The topological polar surface area (TPSA) is 63.5 Å². The summed E-state index contributed by atoms with van der Waals surface area (Å²) in [5.74, 6) is 1.31. The molecule has 1 fully saturated rings. The highest BCUT2D eigenvalue weighted by Crippen LogP contribution is 2.33. The van der Waals surface area contributed by atoms with Gasteiger partial charge in [-0.2, -0.15) is 5.10 Å². The van der Waals surface area contributed by atoms with Crippen molar-refractivity contribution in [1.82, 2.24) is 20.4 Å². The Morgan fingerprint density at radius 3 is 2.83 bits per heavy atom. The summed E-state index contributed by atoms with van der Waals surface area (Å²) in [6.45, 7) is 7.59. The number of rotatable bonds is 8. The second-order valence-corrected chi connectivity index (χ2v) is 7.88. The molecule has 1 aromatic heterocycles. The SMILES string of the molecule is CCNC(=NCC1CCCOC1c1ccc(C)cc1)NCCCc1cnn(C)c1. The summed E-state index contributed by atoms with van der Waals surface area (Å²) in [6, 6.07) is 8.73. The molecule has 0 radical (unpaired) electrons. The van der Waals surface area contributed by atoms with E-state index >= 15 is 0 Å². The van der Waals surface area contributed by atoms with Crippen molar-refractivity contribution in [2.75, 3.05) is 26.2 Å². The Kier molecular flexibility index (Phi) is 8.11. The van der Waals surface area contributed by atoms with Crippen LogP contribution >= 0.6 is 0 Å². The summed E-state index contributed by atoms with van der Waals surface area (Å²) in [6.07, 6.45) is 8.49.